The number of hydrogen-bond acceptors (Lipinski definition) is 4. The van der Waals surface area contributed by atoms with E-state index in [-0.39, 0.29) is 0 Å². The van der Waals surface area contributed by atoms with Crippen LogP contribution in [0.5, 0.6) is 5.75 Å². The van der Waals surface area contributed by atoms with Crippen molar-refractivity contribution in [2.45, 2.75) is 6.92 Å². The molecule has 2 aromatic heterocycles. The molecular weight excluding hydrogens is 228 g/mol. The number of ether oxygens (including phenoxy) is 1. The quantitative estimate of drug-likeness (QED) is 0.816. The van der Waals surface area contributed by atoms with Crippen molar-refractivity contribution < 1.29 is 4.74 Å². The Morgan fingerprint density at radius 1 is 1.53 bits per heavy atom. The SMILES string of the molecule is COc1c(-c2sccc2C)[nH]cnc1=S. The highest BCUT2D eigenvalue weighted by Gasteiger charge is 2.11. The highest BCUT2D eigenvalue weighted by Crippen LogP contribution is 2.33. The molecule has 0 aromatic carbocycles. The summed E-state index contributed by atoms with van der Waals surface area (Å²) in [6, 6.07) is 2.07. The van der Waals surface area contributed by atoms with Gasteiger partial charge in [-0.2, -0.15) is 0 Å². The topological polar surface area (TPSA) is 37.9 Å². The van der Waals surface area contributed by atoms with Gasteiger partial charge in [0, 0.05) is 0 Å². The van der Waals surface area contributed by atoms with Gasteiger partial charge in [-0.3, -0.25) is 0 Å². The van der Waals surface area contributed by atoms with Crippen molar-refractivity contribution >= 4 is 23.6 Å². The zero-order valence-electron chi connectivity index (χ0n) is 8.40. The van der Waals surface area contributed by atoms with E-state index in [0.717, 1.165) is 10.6 Å². The minimum absolute atomic E-state index is 0.485. The predicted molar refractivity (Wildman–Crippen MR) is 64.0 cm³/mol. The van der Waals surface area contributed by atoms with Gasteiger partial charge in [-0.15, -0.1) is 11.3 Å². The molecule has 0 aliphatic heterocycles. The first kappa shape index (κ1) is 10.3. The maximum Gasteiger partial charge on any atom is 0.180 e. The first-order valence-corrected chi connectivity index (χ1v) is 5.69. The van der Waals surface area contributed by atoms with E-state index in [0.29, 0.717) is 10.4 Å². The molecule has 2 rings (SSSR count). The van der Waals surface area contributed by atoms with Crippen LogP contribution in [-0.2, 0) is 0 Å². The molecule has 0 aliphatic rings. The minimum Gasteiger partial charge on any atom is -0.491 e. The van der Waals surface area contributed by atoms with Crippen LogP contribution in [0.3, 0.4) is 0 Å². The lowest BCUT2D eigenvalue weighted by Gasteiger charge is -2.06. The number of thiophene rings is 1. The largest absolute Gasteiger partial charge is 0.491 e. The van der Waals surface area contributed by atoms with Crippen molar-refractivity contribution in [2.24, 2.45) is 0 Å². The average molecular weight is 238 g/mol. The third kappa shape index (κ3) is 1.80. The number of aromatic nitrogens is 2. The number of aromatic amines is 1. The Labute approximate surface area is 96.8 Å². The minimum atomic E-state index is 0.485. The summed E-state index contributed by atoms with van der Waals surface area (Å²) in [7, 11) is 1.60. The number of hydrogen-bond donors (Lipinski definition) is 1. The molecule has 0 spiro atoms. The maximum absolute atomic E-state index is 5.26. The van der Waals surface area contributed by atoms with Crippen LogP contribution in [0.15, 0.2) is 17.8 Å². The van der Waals surface area contributed by atoms with Crippen LogP contribution in [0.25, 0.3) is 10.6 Å². The number of methoxy groups -OCH3 is 1. The second-order valence-electron chi connectivity index (χ2n) is 3.05. The zero-order chi connectivity index (χ0) is 10.8. The fourth-order valence-corrected chi connectivity index (χ4v) is 2.54. The number of H-pyrrole nitrogens is 1. The van der Waals surface area contributed by atoms with Crippen LogP contribution in [0.4, 0.5) is 0 Å². The van der Waals surface area contributed by atoms with Gasteiger partial charge >= 0.3 is 0 Å². The van der Waals surface area contributed by atoms with Gasteiger partial charge in [-0.25, -0.2) is 4.98 Å². The molecule has 2 aromatic rings. The van der Waals surface area contributed by atoms with Crippen LogP contribution < -0.4 is 4.74 Å². The summed E-state index contributed by atoms with van der Waals surface area (Å²) in [4.78, 5) is 8.21. The standard InChI is InChI=1S/C10H10N2OS2/c1-6-3-4-15-9(6)7-8(13-2)10(14)12-5-11-7/h3-5H,1-2H3,(H,11,12,14). The van der Waals surface area contributed by atoms with E-state index in [1.807, 2.05) is 5.38 Å². The number of nitrogens with one attached hydrogen (secondary N) is 1. The molecule has 0 saturated carbocycles. The summed E-state index contributed by atoms with van der Waals surface area (Å²) in [5, 5.41) is 2.04. The molecule has 0 unspecified atom stereocenters. The molecular formula is C10H10N2OS2. The summed E-state index contributed by atoms with van der Waals surface area (Å²) >= 11 is 6.76. The Bertz CT molecular complexity index is 530. The van der Waals surface area contributed by atoms with E-state index in [1.165, 1.54) is 5.56 Å². The summed E-state index contributed by atoms with van der Waals surface area (Å²) in [5.41, 5.74) is 2.11. The van der Waals surface area contributed by atoms with Gasteiger partial charge in [0.1, 0.15) is 5.69 Å². The maximum atomic E-state index is 5.26. The van der Waals surface area contributed by atoms with Gasteiger partial charge in [0.2, 0.25) is 0 Å². The van der Waals surface area contributed by atoms with Gasteiger partial charge in [-0.05, 0) is 23.9 Å². The molecule has 5 heteroatoms. The lowest BCUT2D eigenvalue weighted by Crippen LogP contribution is -1.93. The van der Waals surface area contributed by atoms with E-state index in [9.17, 15) is 0 Å². The number of aryl methyl sites for hydroxylation is 1. The summed E-state index contributed by atoms with van der Waals surface area (Å²) in [5.74, 6) is 0.637. The molecule has 0 fully saturated rings. The first-order valence-electron chi connectivity index (χ1n) is 4.40. The third-order valence-electron chi connectivity index (χ3n) is 2.11. The molecule has 1 N–H and O–H groups in total. The van der Waals surface area contributed by atoms with E-state index >= 15 is 0 Å². The molecule has 15 heavy (non-hydrogen) atoms. The van der Waals surface area contributed by atoms with Gasteiger partial charge in [-0.1, -0.05) is 12.2 Å². The lowest BCUT2D eigenvalue weighted by molar-refractivity contribution is 0.411. The Morgan fingerprint density at radius 3 is 2.93 bits per heavy atom. The molecule has 0 atom stereocenters. The van der Waals surface area contributed by atoms with E-state index in [4.69, 9.17) is 17.0 Å². The molecule has 0 bridgehead atoms. The Morgan fingerprint density at radius 2 is 2.33 bits per heavy atom. The third-order valence-corrected chi connectivity index (χ3v) is 3.43. The molecule has 0 amide bonds. The Balaban J connectivity index is 2.68. The fourth-order valence-electron chi connectivity index (χ4n) is 1.37. The van der Waals surface area contributed by atoms with Crippen molar-refractivity contribution in [3.8, 4) is 16.3 Å². The van der Waals surface area contributed by atoms with Crippen LogP contribution in [-0.4, -0.2) is 17.1 Å². The van der Waals surface area contributed by atoms with E-state index in [1.54, 1.807) is 24.8 Å². The normalized spacial score (nSPS) is 10.3. The Hall–Kier alpha value is -1.20. The van der Waals surface area contributed by atoms with Crippen molar-refractivity contribution in [2.75, 3.05) is 7.11 Å². The van der Waals surface area contributed by atoms with Crippen LogP contribution in [0.1, 0.15) is 5.56 Å². The zero-order valence-corrected chi connectivity index (χ0v) is 10.0. The van der Waals surface area contributed by atoms with Gasteiger partial charge in [0.05, 0.1) is 18.3 Å². The number of nitrogens with zero attached hydrogens (tertiary/aromatic N) is 1. The molecule has 78 valence electrons. The highest BCUT2D eigenvalue weighted by atomic mass is 32.1. The van der Waals surface area contributed by atoms with Crippen LogP contribution in [0.2, 0.25) is 0 Å². The molecule has 0 radical (unpaired) electrons. The summed E-state index contributed by atoms with van der Waals surface area (Å²) < 4.78 is 5.75. The van der Waals surface area contributed by atoms with Gasteiger partial charge in [0.25, 0.3) is 0 Å². The van der Waals surface area contributed by atoms with Crippen molar-refractivity contribution in [1.82, 2.24) is 9.97 Å². The highest BCUT2D eigenvalue weighted by molar-refractivity contribution is 7.71. The van der Waals surface area contributed by atoms with Crippen molar-refractivity contribution in [3.05, 3.63) is 28.0 Å². The van der Waals surface area contributed by atoms with Crippen LogP contribution >= 0.6 is 23.6 Å². The second-order valence-corrected chi connectivity index (χ2v) is 4.35. The van der Waals surface area contributed by atoms with Gasteiger partial charge < -0.3 is 9.72 Å². The monoisotopic (exact) mass is 238 g/mol. The molecule has 0 aliphatic carbocycles. The molecule has 3 nitrogen and oxygen atoms in total. The second kappa shape index (κ2) is 4.12. The van der Waals surface area contributed by atoms with Gasteiger partial charge in [0.15, 0.2) is 10.4 Å². The van der Waals surface area contributed by atoms with E-state index in [2.05, 4.69) is 23.0 Å². The van der Waals surface area contributed by atoms with E-state index < -0.39 is 0 Å². The molecule has 0 saturated heterocycles. The fraction of sp³-hybridized carbons (Fsp3) is 0.200. The lowest BCUT2D eigenvalue weighted by atomic mass is 10.2. The molecule has 2 heterocycles. The summed E-state index contributed by atoms with van der Waals surface area (Å²) in [6.07, 6.45) is 1.60. The van der Waals surface area contributed by atoms with Crippen LogP contribution in [0, 0.1) is 11.6 Å². The van der Waals surface area contributed by atoms with Crippen molar-refractivity contribution in [1.29, 1.82) is 0 Å². The predicted octanol–water partition coefficient (Wildman–Crippen LogP) is 3.18. The summed E-state index contributed by atoms with van der Waals surface area (Å²) in [6.45, 7) is 2.06. The smallest absolute Gasteiger partial charge is 0.180 e. The first-order chi connectivity index (χ1) is 7.24. The average Bonchev–Trinajstić information content (AvgIpc) is 2.64. The Kier molecular flexibility index (Phi) is 2.83. The van der Waals surface area contributed by atoms with Crippen molar-refractivity contribution in [3.63, 3.8) is 0 Å². The number of rotatable bonds is 2.